The van der Waals surface area contributed by atoms with E-state index in [0.29, 0.717) is 17.4 Å². The standard InChI is InChI=1S/C17H25NO/c1-19-15-7-9-17(10-8-15)11-12-18-13-16(17)14-5-3-2-4-6-14/h2-6,15-16,18H,7-13H2,1H3. The van der Waals surface area contributed by atoms with Gasteiger partial charge in [-0.3, -0.25) is 0 Å². The van der Waals surface area contributed by atoms with Crippen molar-refractivity contribution >= 4 is 0 Å². The van der Waals surface area contributed by atoms with Crippen LogP contribution in [0.25, 0.3) is 0 Å². The summed E-state index contributed by atoms with van der Waals surface area (Å²) in [6.07, 6.45) is 6.94. The highest BCUT2D eigenvalue weighted by Gasteiger charge is 2.43. The van der Waals surface area contributed by atoms with Crippen LogP contribution in [0.15, 0.2) is 30.3 Å². The predicted molar refractivity (Wildman–Crippen MR) is 78.4 cm³/mol. The van der Waals surface area contributed by atoms with E-state index < -0.39 is 0 Å². The van der Waals surface area contributed by atoms with Gasteiger partial charge < -0.3 is 10.1 Å². The van der Waals surface area contributed by atoms with Gasteiger partial charge in [0.2, 0.25) is 0 Å². The maximum atomic E-state index is 5.55. The SMILES string of the molecule is COC1CCC2(CCNCC2c2ccccc2)CC1. The summed E-state index contributed by atoms with van der Waals surface area (Å²) in [5.41, 5.74) is 2.03. The van der Waals surface area contributed by atoms with Gasteiger partial charge in [0, 0.05) is 19.6 Å². The number of benzene rings is 1. The molecule has 3 rings (SSSR count). The molecule has 0 amide bonds. The second-order valence-electron chi connectivity index (χ2n) is 6.21. The molecule has 1 aromatic rings. The van der Waals surface area contributed by atoms with Crippen molar-refractivity contribution in [2.75, 3.05) is 20.2 Å². The fourth-order valence-electron chi connectivity index (χ4n) is 4.13. The molecule has 1 unspecified atom stereocenters. The lowest BCUT2D eigenvalue weighted by atomic mass is 9.60. The molecule has 1 saturated carbocycles. The third kappa shape index (κ3) is 2.56. The first-order valence-corrected chi connectivity index (χ1v) is 7.62. The first kappa shape index (κ1) is 13.1. The minimum atomic E-state index is 0.497. The average Bonchev–Trinajstić information content (AvgIpc) is 2.49. The second-order valence-corrected chi connectivity index (χ2v) is 6.21. The molecule has 0 radical (unpaired) electrons. The first-order valence-electron chi connectivity index (χ1n) is 7.62. The average molecular weight is 259 g/mol. The number of hydrogen-bond donors (Lipinski definition) is 1. The topological polar surface area (TPSA) is 21.3 Å². The zero-order valence-corrected chi connectivity index (χ0v) is 11.9. The summed E-state index contributed by atoms with van der Waals surface area (Å²) in [4.78, 5) is 0. The molecule has 1 aromatic carbocycles. The molecule has 1 N–H and O–H groups in total. The van der Waals surface area contributed by atoms with E-state index in [1.807, 2.05) is 7.11 Å². The highest BCUT2D eigenvalue weighted by Crippen LogP contribution is 2.51. The van der Waals surface area contributed by atoms with Crippen molar-refractivity contribution in [2.24, 2.45) is 5.41 Å². The molecule has 1 atom stereocenters. The van der Waals surface area contributed by atoms with Crippen molar-refractivity contribution in [1.29, 1.82) is 0 Å². The Morgan fingerprint density at radius 2 is 1.84 bits per heavy atom. The van der Waals surface area contributed by atoms with Gasteiger partial charge in [-0.2, -0.15) is 0 Å². The molecular weight excluding hydrogens is 234 g/mol. The highest BCUT2D eigenvalue weighted by atomic mass is 16.5. The zero-order chi connectivity index (χ0) is 13.1. The molecule has 1 aliphatic heterocycles. The zero-order valence-electron chi connectivity index (χ0n) is 11.9. The number of hydrogen-bond acceptors (Lipinski definition) is 2. The van der Waals surface area contributed by atoms with Crippen LogP contribution in [0, 0.1) is 5.41 Å². The van der Waals surface area contributed by atoms with Crippen LogP contribution in [0.5, 0.6) is 0 Å². The quantitative estimate of drug-likeness (QED) is 0.879. The van der Waals surface area contributed by atoms with Crippen LogP contribution in [0.1, 0.15) is 43.6 Å². The Labute approximate surface area is 116 Å². The lowest BCUT2D eigenvalue weighted by molar-refractivity contribution is 0.00444. The molecule has 1 spiro atoms. The van der Waals surface area contributed by atoms with Crippen LogP contribution in [0.4, 0.5) is 0 Å². The van der Waals surface area contributed by atoms with Crippen molar-refractivity contribution < 1.29 is 4.74 Å². The van der Waals surface area contributed by atoms with Gasteiger partial charge >= 0.3 is 0 Å². The smallest absolute Gasteiger partial charge is 0.0571 e. The summed E-state index contributed by atoms with van der Waals surface area (Å²) < 4.78 is 5.55. The van der Waals surface area contributed by atoms with Crippen LogP contribution in [0.2, 0.25) is 0 Å². The lowest BCUT2D eigenvalue weighted by Crippen LogP contribution is -2.46. The van der Waals surface area contributed by atoms with Gasteiger partial charge in [0.25, 0.3) is 0 Å². The van der Waals surface area contributed by atoms with Crippen LogP contribution in [0.3, 0.4) is 0 Å². The van der Waals surface area contributed by atoms with Gasteiger partial charge in [-0.25, -0.2) is 0 Å². The normalized spacial score (nSPS) is 35.4. The number of nitrogens with one attached hydrogen (secondary N) is 1. The van der Waals surface area contributed by atoms with E-state index in [-0.39, 0.29) is 0 Å². The maximum Gasteiger partial charge on any atom is 0.0571 e. The molecule has 2 aliphatic rings. The Morgan fingerprint density at radius 1 is 1.11 bits per heavy atom. The highest BCUT2D eigenvalue weighted by molar-refractivity contribution is 5.24. The molecule has 19 heavy (non-hydrogen) atoms. The van der Waals surface area contributed by atoms with Crippen molar-refractivity contribution in [3.8, 4) is 0 Å². The molecule has 2 heteroatoms. The van der Waals surface area contributed by atoms with E-state index in [1.165, 1.54) is 44.2 Å². The van der Waals surface area contributed by atoms with Crippen molar-refractivity contribution in [1.82, 2.24) is 5.32 Å². The lowest BCUT2D eigenvalue weighted by Gasteiger charge is -2.48. The van der Waals surface area contributed by atoms with E-state index in [9.17, 15) is 0 Å². The fourth-order valence-corrected chi connectivity index (χ4v) is 4.13. The molecule has 0 bridgehead atoms. The summed E-state index contributed by atoms with van der Waals surface area (Å²) in [7, 11) is 1.86. The second kappa shape index (κ2) is 5.64. The van der Waals surface area contributed by atoms with E-state index >= 15 is 0 Å². The van der Waals surface area contributed by atoms with Gasteiger partial charge in [-0.1, -0.05) is 30.3 Å². The predicted octanol–water partition coefficient (Wildman–Crippen LogP) is 3.34. The van der Waals surface area contributed by atoms with E-state index in [4.69, 9.17) is 4.74 Å². The van der Waals surface area contributed by atoms with Crippen molar-refractivity contribution in [3.63, 3.8) is 0 Å². The van der Waals surface area contributed by atoms with Crippen molar-refractivity contribution in [3.05, 3.63) is 35.9 Å². The first-order chi connectivity index (χ1) is 9.34. The van der Waals surface area contributed by atoms with Crippen molar-refractivity contribution in [2.45, 2.75) is 44.1 Å². The molecular formula is C17H25NO. The van der Waals surface area contributed by atoms with E-state index in [1.54, 1.807) is 0 Å². The molecule has 104 valence electrons. The molecule has 1 aliphatic carbocycles. The van der Waals surface area contributed by atoms with E-state index in [0.717, 1.165) is 6.54 Å². The molecule has 1 heterocycles. The summed E-state index contributed by atoms with van der Waals surface area (Å²) in [6, 6.07) is 11.1. The summed E-state index contributed by atoms with van der Waals surface area (Å²) >= 11 is 0. The molecule has 2 fully saturated rings. The van der Waals surface area contributed by atoms with Gasteiger partial charge in [-0.05, 0) is 49.6 Å². The Kier molecular flexibility index (Phi) is 3.90. The summed E-state index contributed by atoms with van der Waals surface area (Å²) in [6.45, 7) is 2.32. The van der Waals surface area contributed by atoms with Crippen LogP contribution >= 0.6 is 0 Å². The Balaban J connectivity index is 1.82. The minimum absolute atomic E-state index is 0.497. The molecule has 0 aromatic heterocycles. The Morgan fingerprint density at radius 3 is 2.53 bits per heavy atom. The number of ether oxygens (including phenoxy) is 1. The summed E-state index contributed by atoms with van der Waals surface area (Å²) in [5.74, 6) is 0.681. The summed E-state index contributed by atoms with van der Waals surface area (Å²) in [5, 5.41) is 3.60. The van der Waals surface area contributed by atoms with E-state index in [2.05, 4.69) is 35.6 Å². The third-order valence-corrected chi connectivity index (χ3v) is 5.35. The number of rotatable bonds is 2. The number of methoxy groups -OCH3 is 1. The monoisotopic (exact) mass is 259 g/mol. The fraction of sp³-hybridized carbons (Fsp3) is 0.647. The van der Waals surface area contributed by atoms with Gasteiger partial charge in [0.15, 0.2) is 0 Å². The third-order valence-electron chi connectivity index (χ3n) is 5.35. The van der Waals surface area contributed by atoms with Gasteiger partial charge in [0.1, 0.15) is 0 Å². The van der Waals surface area contributed by atoms with Gasteiger partial charge in [-0.15, -0.1) is 0 Å². The van der Waals surface area contributed by atoms with Gasteiger partial charge in [0.05, 0.1) is 6.10 Å². The minimum Gasteiger partial charge on any atom is -0.381 e. The Bertz CT molecular complexity index is 395. The van der Waals surface area contributed by atoms with Crippen LogP contribution in [-0.2, 0) is 4.74 Å². The molecule has 1 saturated heterocycles. The Hall–Kier alpha value is -0.860. The van der Waals surface area contributed by atoms with Crippen LogP contribution < -0.4 is 5.32 Å². The maximum absolute atomic E-state index is 5.55. The number of piperidine rings is 1. The van der Waals surface area contributed by atoms with Crippen LogP contribution in [-0.4, -0.2) is 26.3 Å². The largest absolute Gasteiger partial charge is 0.381 e. The molecule has 2 nitrogen and oxygen atoms in total.